The first-order valence-corrected chi connectivity index (χ1v) is 7.10. The number of carbonyl (C=O) groups excluding carboxylic acids is 1. The molecule has 0 bridgehead atoms. The lowest BCUT2D eigenvalue weighted by atomic mass is 9.74. The Labute approximate surface area is 124 Å². The molecule has 5 nitrogen and oxygen atoms in total. The number of aliphatic carboxylic acids is 1. The molecule has 1 fully saturated rings. The van der Waals surface area contributed by atoms with Crippen molar-refractivity contribution in [1.29, 1.82) is 0 Å². The summed E-state index contributed by atoms with van der Waals surface area (Å²) in [5, 5.41) is 11.8. The number of methoxy groups -OCH3 is 1. The molecular weight excluding hydrogens is 270 g/mol. The summed E-state index contributed by atoms with van der Waals surface area (Å²) < 4.78 is 5.24. The van der Waals surface area contributed by atoms with Crippen molar-refractivity contribution in [1.82, 2.24) is 5.32 Å². The Hall–Kier alpha value is -2.04. The predicted octanol–water partition coefficient (Wildman–Crippen LogP) is 2.06. The van der Waals surface area contributed by atoms with Crippen LogP contribution < -0.4 is 10.1 Å². The summed E-state index contributed by atoms with van der Waals surface area (Å²) in [5.41, 5.74) is 1.33. The van der Waals surface area contributed by atoms with Gasteiger partial charge in [-0.15, -0.1) is 0 Å². The molecule has 1 aliphatic carbocycles. The number of carboxylic acids is 1. The van der Waals surface area contributed by atoms with E-state index in [1.54, 1.807) is 7.11 Å². The molecule has 0 radical (unpaired) electrons. The fourth-order valence-electron chi connectivity index (χ4n) is 2.74. The van der Waals surface area contributed by atoms with Crippen molar-refractivity contribution in [2.24, 2.45) is 0 Å². The lowest BCUT2D eigenvalue weighted by Gasteiger charge is -2.41. The summed E-state index contributed by atoms with van der Waals surface area (Å²) in [7, 11) is 1.60. The number of benzene rings is 1. The summed E-state index contributed by atoms with van der Waals surface area (Å²) >= 11 is 0. The standard InChI is InChI=1S/C16H21NO4/c1-11-4-5-12(8-13(11)21-2)9-14(18)17-16(6-3-7-16)10-15(19)20/h4-5,8H,3,6-7,9-10H2,1-2H3,(H,17,18)(H,19,20). The third-order valence-corrected chi connectivity index (χ3v) is 4.04. The number of carboxylic acid groups (broad SMARTS) is 1. The zero-order valence-electron chi connectivity index (χ0n) is 12.4. The van der Waals surface area contributed by atoms with Crippen molar-refractivity contribution < 1.29 is 19.4 Å². The molecule has 0 atom stereocenters. The van der Waals surface area contributed by atoms with Crippen LogP contribution in [0.15, 0.2) is 18.2 Å². The van der Waals surface area contributed by atoms with Gasteiger partial charge in [0, 0.05) is 0 Å². The van der Waals surface area contributed by atoms with Gasteiger partial charge in [0.25, 0.3) is 0 Å². The minimum Gasteiger partial charge on any atom is -0.496 e. The molecule has 1 aromatic carbocycles. The quantitative estimate of drug-likeness (QED) is 0.841. The maximum absolute atomic E-state index is 12.1. The molecule has 0 aliphatic heterocycles. The van der Waals surface area contributed by atoms with E-state index in [0.29, 0.717) is 0 Å². The smallest absolute Gasteiger partial charge is 0.305 e. The first-order chi connectivity index (χ1) is 9.94. The van der Waals surface area contributed by atoms with Crippen LogP contribution >= 0.6 is 0 Å². The van der Waals surface area contributed by atoms with Crippen molar-refractivity contribution in [3.63, 3.8) is 0 Å². The van der Waals surface area contributed by atoms with Gasteiger partial charge in [-0.1, -0.05) is 12.1 Å². The molecule has 0 heterocycles. The van der Waals surface area contributed by atoms with Crippen LogP contribution in [-0.2, 0) is 16.0 Å². The van der Waals surface area contributed by atoms with Crippen molar-refractivity contribution in [3.8, 4) is 5.75 Å². The highest BCUT2D eigenvalue weighted by Crippen LogP contribution is 2.35. The number of nitrogens with one attached hydrogen (secondary N) is 1. The summed E-state index contributed by atoms with van der Waals surface area (Å²) in [6.07, 6.45) is 2.67. The molecule has 2 N–H and O–H groups in total. The van der Waals surface area contributed by atoms with Gasteiger partial charge >= 0.3 is 5.97 Å². The predicted molar refractivity (Wildman–Crippen MR) is 78.4 cm³/mol. The van der Waals surface area contributed by atoms with Gasteiger partial charge in [-0.25, -0.2) is 0 Å². The van der Waals surface area contributed by atoms with E-state index in [2.05, 4.69) is 5.32 Å². The van der Waals surface area contributed by atoms with Crippen LogP contribution in [0.25, 0.3) is 0 Å². The molecular formula is C16H21NO4. The van der Waals surface area contributed by atoms with Crippen LogP contribution in [-0.4, -0.2) is 29.6 Å². The molecule has 1 aliphatic rings. The van der Waals surface area contributed by atoms with Crippen LogP contribution in [0.1, 0.15) is 36.8 Å². The second kappa shape index (κ2) is 6.16. The molecule has 0 unspecified atom stereocenters. The summed E-state index contributed by atoms with van der Waals surface area (Å²) in [5.74, 6) is -0.252. The fourth-order valence-corrected chi connectivity index (χ4v) is 2.74. The van der Waals surface area contributed by atoms with E-state index < -0.39 is 11.5 Å². The van der Waals surface area contributed by atoms with Crippen LogP contribution in [0.4, 0.5) is 0 Å². The van der Waals surface area contributed by atoms with Gasteiger partial charge in [-0.2, -0.15) is 0 Å². The third kappa shape index (κ3) is 3.74. The molecule has 1 saturated carbocycles. The van der Waals surface area contributed by atoms with Crippen molar-refractivity contribution in [3.05, 3.63) is 29.3 Å². The normalized spacial score (nSPS) is 15.9. The lowest BCUT2D eigenvalue weighted by Crippen LogP contribution is -2.55. The maximum Gasteiger partial charge on any atom is 0.305 e. The monoisotopic (exact) mass is 291 g/mol. The van der Waals surface area contributed by atoms with Gasteiger partial charge in [0.05, 0.1) is 25.5 Å². The number of amides is 1. The second-order valence-electron chi connectivity index (χ2n) is 5.73. The van der Waals surface area contributed by atoms with Gasteiger partial charge in [0.1, 0.15) is 5.75 Å². The summed E-state index contributed by atoms with van der Waals surface area (Å²) in [6, 6.07) is 5.65. The van der Waals surface area contributed by atoms with E-state index in [1.165, 1.54) is 0 Å². The number of hydrogen-bond donors (Lipinski definition) is 2. The number of carbonyl (C=O) groups is 2. The zero-order valence-corrected chi connectivity index (χ0v) is 12.4. The molecule has 21 heavy (non-hydrogen) atoms. The highest BCUT2D eigenvalue weighted by molar-refractivity contribution is 5.81. The number of ether oxygens (including phenoxy) is 1. The molecule has 114 valence electrons. The molecule has 0 spiro atoms. The Morgan fingerprint density at radius 1 is 1.38 bits per heavy atom. The van der Waals surface area contributed by atoms with Gasteiger partial charge in [-0.3, -0.25) is 9.59 Å². The van der Waals surface area contributed by atoms with E-state index >= 15 is 0 Å². The van der Waals surface area contributed by atoms with Crippen molar-refractivity contribution in [2.45, 2.75) is 44.6 Å². The van der Waals surface area contributed by atoms with Crippen LogP contribution in [0.5, 0.6) is 5.75 Å². The Bertz CT molecular complexity index is 549. The largest absolute Gasteiger partial charge is 0.496 e. The number of rotatable bonds is 6. The third-order valence-electron chi connectivity index (χ3n) is 4.04. The molecule has 5 heteroatoms. The highest BCUT2D eigenvalue weighted by Gasteiger charge is 2.40. The minimum absolute atomic E-state index is 0.00401. The Balaban J connectivity index is 1.99. The highest BCUT2D eigenvalue weighted by atomic mass is 16.5. The van der Waals surface area contributed by atoms with E-state index in [-0.39, 0.29) is 18.7 Å². The van der Waals surface area contributed by atoms with Gasteiger partial charge < -0.3 is 15.2 Å². The summed E-state index contributed by atoms with van der Waals surface area (Å²) in [6.45, 7) is 1.94. The maximum atomic E-state index is 12.1. The molecule has 1 amide bonds. The molecule has 0 saturated heterocycles. The number of hydrogen-bond acceptors (Lipinski definition) is 3. The van der Waals surface area contributed by atoms with E-state index in [1.807, 2.05) is 25.1 Å². The lowest BCUT2D eigenvalue weighted by molar-refractivity contribution is -0.140. The van der Waals surface area contributed by atoms with E-state index in [0.717, 1.165) is 36.1 Å². The summed E-state index contributed by atoms with van der Waals surface area (Å²) in [4.78, 5) is 23.0. The number of aryl methyl sites for hydroxylation is 1. The molecule has 0 aromatic heterocycles. The van der Waals surface area contributed by atoms with Crippen LogP contribution in [0.2, 0.25) is 0 Å². The molecule has 1 aromatic rings. The topological polar surface area (TPSA) is 75.6 Å². The Morgan fingerprint density at radius 3 is 2.62 bits per heavy atom. The van der Waals surface area contributed by atoms with Gasteiger partial charge in [0.15, 0.2) is 0 Å². The molecule has 2 rings (SSSR count). The van der Waals surface area contributed by atoms with Crippen molar-refractivity contribution in [2.75, 3.05) is 7.11 Å². The van der Waals surface area contributed by atoms with Crippen LogP contribution in [0, 0.1) is 6.92 Å². The Morgan fingerprint density at radius 2 is 2.10 bits per heavy atom. The van der Waals surface area contributed by atoms with Crippen LogP contribution in [0.3, 0.4) is 0 Å². The van der Waals surface area contributed by atoms with E-state index in [4.69, 9.17) is 9.84 Å². The first kappa shape index (κ1) is 15.4. The second-order valence-corrected chi connectivity index (χ2v) is 5.73. The van der Waals surface area contributed by atoms with Gasteiger partial charge in [-0.05, 0) is 43.4 Å². The Kier molecular flexibility index (Phi) is 4.50. The first-order valence-electron chi connectivity index (χ1n) is 7.10. The van der Waals surface area contributed by atoms with E-state index in [9.17, 15) is 9.59 Å². The average molecular weight is 291 g/mol. The minimum atomic E-state index is -0.869. The SMILES string of the molecule is COc1cc(CC(=O)NC2(CC(=O)O)CCC2)ccc1C. The van der Waals surface area contributed by atoms with Crippen molar-refractivity contribution >= 4 is 11.9 Å². The average Bonchev–Trinajstić information content (AvgIpc) is 2.37. The fraction of sp³-hybridized carbons (Fsp3) is 0.500. The van der Waals surface area contributed by atoms with Gasteiger partial charge in [0.2, 0.25) is 5.91 Å². The zero-order chi connectivity index (χ0) is 15.5.